The Labute approximate surface area is 157 Å². The van der Waals surface area contributed by atoms with Gasteiger partial charge in [0.2, 0.25) is 10.0 Å². The van der Waals surface area contributed by atoms with Gasteiger partial charge in [0, 0.05) is 11.6 Å². The molecule has 2 aromatic rings. The van der Waals surface area contributed by atoms with Crippen molar-refractivity contribution in [2.24, 2.45) is 0 Å². The summed E-state index contributed by atoms with van der Waals surface area (Å²) in [6.45, 7) is 0.269. The lowest BCUT2D eigenvalue weighted by Crippen LogP contribution is -2.40. The number of sulfonamides is 1. The van der Waals surface area contributed by atoms with Crippen LogP contribution >= 0.6 is 11.6 Å². The first-order chi connectivity index (χ1) is 12.4. The summed E-state index contributed by atoms with van der Waals surface area (Å²) in [7, 11) is -2.51. The molecule has 1 aliphatic rings. The molecular formula is C19H18ClNO4S. The van der Waals surface area contributed by atoms with E-state index in [-0.39, 0.29) is 11.4 Å². The number of carbonyl (C=O) groups excluding carboxylic acids is 1. The SMILES string of the molecule is COC(=O)C1=CCCN(S(=O)(=O)c2ccccc2)C1c1ccc(Cl)cc1. The molecular weight excluding hydrogens is 374 g/mol. The summed E-state index contributed by atoms with van der Waals surface area (Å²) in [4.78, 5) is 12.5. The number of ether oxygens (including phenoxy) is 1. The largest absolute Gasteiger partial charge is 0.466 e. The van der Waals surface area contributed by atoms with Crippen molar-refractivity contribution in [3.05, 3.63) is 76.8 Å². The number of benzene rings is 2. The minimum atomic E-state index is -3.79. The minimum absolute atomic E-state index is 0.185. The fraction of sp³-hybridized carbons (Fsp3) is 0.211. The summed E-state index contributed by atoms with van der Waals surface area (Å²) in [5.41, 5.74) is 0.964. The Morgan fingerprint density at radius 1 is 1.12 bits per heavy atom. The van der Waals surface area contributed by atoms with Gasteiger partial charge in [0.05, 0.1) is 23.6 Å². The molecule has 0 saturated heterocycles. The van der Waals surface area contributed by atoms with E-state index in [1.807, 2.05) is 0 Å². The summed E-state index contributed by atoms with van der Waals surface area (Å²) in [5.74, 6) is -0.544. The highest BCUT2D eigenvalue weighted by Crippen LogP contribution is 2.37. The molecule has 0 N–H and O–H groups in total. The summed E-state index contributed by atoms with van der Waals surface area (Å²) in [6, 6.07) is 14.2. The van der Waals surface area contributed by atoms with Gasteiger partial charge in [0.25, 0.3) is 0 Å². The zero-order valence-electron chi connectivity index (χ0n) is 14.1. The number of hydrogen-bond acceptors (Lipinski definition) is 4. The highest BCUT2D eigenvalue weighted by Gasteiger charge is 2.39. The van der Waals surface area contributed by atoms with Gasteiger partial charge >= 0.3 is 5.97 Å². The van der Waals surface area contributed by atoms with Crippen LogP contribution in [0, 0.1) is 0 Å². The highest BCUT2D eigenvalue weighted by molar-refractivity contribution is 7.89. The maximum Gasteiger partial charge on any atom is 0.335 e. The number of methoxy groups -OCH3 is 1. The van der Waals surface area contributed by atoms with Crippen LogP contribution in [-0.4, -0.2) is 32.3 Å². The molecule has 1 unspecified atom stereocenters. The quantitative estimate of drug-likeness (QED) is 0.747. The second-order valence-corrected chi connectivity index (χ2v) is 8.15. The van der Waals surface area contributed by atoms with E-state index >= 15 is 0 Å². The first-order valence-corrected chi connectivity index (χ1v) is 9.87. The molecule has 5 nitrogen and oxygen atoms in total. The van der Waals surface area contributed by atoms with Crippen molar-refractivity contribution < 1.29 is 17.9 Å². The fourth-order valence-electron chi connectivity index (χ4n) is 3.03. The van der Waals surface area contributed by atoms with Gasteiger partial charge in [-0.3, -0.25) is 0 Å². The van der Waals surface area contributed by atoms with Gasteiger partial charge in [-0.25, -0.2) is 13.2 Å². The van der Waals surface area contributed by atoms with E-state index in [4.69, 9.17) is 16.3 Å². The predicted octanol–water partition coefficient (Wildman–Crippen LogP) is 3.58. The number of hydrogen-bond donors (Lipinski definition) is 0. The molecule has 1 aliphatic heterocycles. The Morgan fingerprint density at radius 3 is 2.38 bits per heavy atom. The molecule has 26 heavy (non-hydrogen) atoms. The number of nitrogens with zero attached hydrogens (tertiary/aromatic N) is 1. The van der Waals surface area contributed by atoms with Crippen LogP contribution in [0.1, 0.15) is 18.0 Å². The first-order valence-electron chi connectivity index (χ1n) is 8.06. The van der Waals surface area contributed by atoms with E-state index in [1.165, 1.54) is 11.4 Å². The second kappa shape index (κ2) is 7.61. The number of carbonyl (C=O) groups is 1. The van der Waals surface area contributed by atoms with Crippen molar-refractivity contribution in [2.45, 2.75) is 17.4 Å². The van der Waals surface area contributed by atoms with E-state index in [0.29, 0.717) is 22.6 Å². The van der Waals surface area contributed by atoms with Crippen molar-refractivity contribution in [3.8, 4) is 0 Å². The topological polar surface area (TPSA) is 63.7 Å². The Bertz CT molecular complexity index is 924. The molecule has 7 heteroatoms. The molecule has 0 spiro atoms. The maximum atomic E-state index is 13.2. The molecule has 0 fully saturated rings. The smallest absolute Gasteiger partial charge is 0.335 e. The Kier molecular flexibility index (Phi) is 5.46. The third-order valence-corrected chi connectivity index (χ3v) is 6.38. The average Bonchev–Trinajstić information content (AvgIpc) is 2.68. The standard InChI is InChI=1S/C19H18ClNO4S/c1-25-19(22)17-8-5-13-21(18(17)14-9-11-15(20)12-10-14)26(23,24)16-6-3-2-4-7-16/h2-4,6-12,18H,5,13H2,1H3. The zero-order valence-corrected chi connectivity index (χ0v) is 15.7. The van der Waals surface area contributed by atoms with Crippen molar-refractivity contribution in [1.29, 1.82) is 0 Å². The van der Waals surface area contributed by atoms with Gasteiger partial charge in [-0.15, -0.1) is 0 Å². The van der Waals surface area contributed by atoms with Crippen molar-refractivity contribution in [3.63, 3.8) is 0 Å². The monoisotopic (exact) mass is 391 g/mol. The molecule has 2 aromatic carbocycles. The van der Waals surface area contributed by atoms with Crippen LogP contribution in [0.25, 0.3) is 0 Å². The third kappa shape index (κ3) is 3.53. The minimum Gasteiger partial charge on any atom is -0.466 e. The van der Waals surface area contributed by atoms with Crippen LogP contribution in [0.15, 0.2) is 71.1 Å². The van der Waals surface area contributed by atoms with E-state index in [9.17, 15) is 13.2 Å². The molecule has 136 valence electrons. The zero-order chi connectivity index (χ0) is 18.7. The van der Waals surface area contributed by atoms with Crippen LogP contribution in [0.3, 0.4) is 0 Å². The molecule has 0 aliphatic carbocycles. The lowest BCUT2D eigenvalue weighted by atomic mass is 9.95. The van der Waals surface area contributed by atoms with Crippen molar-refractivity contribution in [1.82, 2.24) is 4.31 Å². The van der Waals surface area contributed by atoms with Crippen LogP contribution in [0.2, 0.25) is 5.02 Å². The van der Waals surface area contributed by atoms with Gasteiger partial charge in [-0.2, -0.15) is 4.31 Å². The molecule has 0 amide bonds. The molecule has 0 radical (unpaired) electrons. The Balaban J connectivity index is 2.12. The summed E-state index contributed by atoms with van der Waals surface area (Å²) in [6.07, 6.45) is 2.17. The Hall–Kier alpha value is -2.15. The van der Waals surface area contributed by atoms with E-state index in [2.05, 4.69) is 0 Å². The van der Waals surface area contributed by atoms with Gasteiger partial charge in [0.15, 0.2) is 0 Å². The molecule has 1 atom stereocenters. The van der Waals surface area contributed by atoms with E-state index in [1.54, 1.807) is 60.7 Å². The summed E-state index contributed by atoms with van der Waals surface area (Å²) >= 11 is 5.96. The van der Waals surface area contributed by atoms with Crippen LogP contribution in [0.5, 0.6) is 0 Å². The summed E-state index contributed by atoms with van der Waals surface area (Å²) < 4.78 is 32.7. The normalized spacial score (nSPS) is 18.2. The van der Waals surface area contributed by atoms with Gasteiger partial charge in [-0.1, -0.05) is 48.0 Å². The first kappa shape index (κ1) is 18.6. The lowest BCUT2D eigenvalue weighted by molar-refractivity contribution is -0.136. The maximum absolute atomic E-state index is 13.2. The molecule has 3 rings (SSSR count). The molecule has 0 saturated carbocycles. The lowest BCUT2D eigenvalue weighted by Gasteiger charge is -2.34. The average molecular weight is 392 g/mol. The predicted molar refractivity (Wildman–Crippen MR) is 99.2 cm³/mol. The number of halogens is 1. The Morgan fingerprint density at radius 2 is 1.77 bits per heavy atom. The fourth-order valence-corrected chi connectivity index (χ4v) is 4.79. The van der Waals surface area contributed by atoms with Gasteiger partial charge in [-0.05, 0) is 36.2 Å². The molecule has 0 aromatic heterocycles. The molecule has 1 heterocycles. The highest BCUT2D eigenvalue weighted by atomic mass is 35.5. The van der Waals surface area contributed by atoms with Gasteiger partial charge < -0.3 is 4.74 Å². The molecule has 0 bridgehead atoms. The van der Waals surface area contributed by atoms with Crippen LogP contribution < -0.4 is 0 Å². The number of esters is 1. The van der Waals surface area contributed by atoms with E-state index < -0.39 is 22.0 Å². The second-order valence-electron chi connectivity index (χ2n) is 5.82. The third-order valence-electron chi connectivity index (χ3n) is 4.25. The van der Waals surface area contributed by atoms with Crippen LogP contribution in [-0.2, 0) is 19.6 Å². The number of rotatable bonds is 4. The van der Waals surface area contributed by atoms with Crippen molar-refractivity contribution in [2.75, 3.05) is 13.7 Å². The van der Waals surface area contributed by atoms with Gasteiger partial charge in [0.1, 0.15) is 0 Å². The van der Waals surface area contributed by atoms with Crippen molar-refractivity contribution >= 4 is 27.6 Å². The van der Waals surface area contributed by atoms with Crippen LogP contribution in [0.4, 0.5) is 0 Å². The van der Waals surface area contributed by atoms with E-state index in [0.717, 1.165) is 0 Å². The summed E-state index contributed by atoms with van der Waals surface area (Å²) in [5, 5.41) is 0.533.